The van der Waals surface area contributed by atoms with Crippen molar-refractivity contribution in [2.24, 2.45) is 0 Å². The summed E-state index contributed by atoms with van der Waals surface area (Å²) in [4.78, 5) is 31.3. The smallest absolute Gasteiger partial charge is 0.274 e. The molecule has 2 amide bonds. The molecule has 0 unspecified atom stereocenters. The average Bonchev–Trinajstić information content (AvgIpc) is 2.72. The monoisotopic (exact) mass is 369 g/mol. The summed E-state index contributed by atoms with van der Waals surface area (Å²) in [5, 5.41) is 8.60. The van der Waals surface area contributed by atoms with Crippen molar-refractivity contribution in [3.05, 3.63) is 70.3 Å². The van der Waals surface area contributed by atoms with E-state index >= 15 is 0 Å². The van der Waals surface area contributed by atoms with Gasteiger partial charge >= 0.3 is 0 Å². The Bertz CT molecular complexity index is 820. The SMILES string of the molecule is CCN1CCc2c(CONC(=O)c3ccc(C(=O)NO)cc3)cccc2C1. The number of hydrogen-bond acceptors (Lipinski definition) is 5. The van der Waals surface area contributed by atoms with Crippen molar-refractivity contribution in [3.63, 3.8) is 0 Å². The molecule has 2 aromatic rings. The van der Waals surface area contributed by atoms with Crippen LogP contribution in [0, 0.1) is 0 Å². The van der Waals surface area contributed by atoms with E-state index < -0.39 is 11.8 Å². The van der Waals surface area contributed by atoms with Crippen LogP contribution in [-0.2, 0) is 24.4 Å². The van der Waals surface area contributed by atoms with Crippen LogP contribution in [0.5, 0.6) is 0 Å². The number of carbonyl (C=O) groups is 2. The third-order valence-electron chi connectivity index (χ3n) is 4.79. The lowest BCUT2D eigenvalue weighted by Gasteiger charge is -2.29. The van der Waals surface area contributed by atoms with E-state index in [0.29, 0.717) is 12.2 Å². The standard InChI is InChI=1S/C20H23N3O4/c1-2-23-11-10-18-16(12-23)4-3-5-17(18)13-27-22-20(25)15-8-6-14(7-9-15)19(24)21-26/h3-9,26H,2,10-13H2,1H3,(H,21,24)(H,22,25). The van der Waals surface area contributed by atoms with Crippen molar-refractivity contribution >= 4 is 11.8 Å². The molecule has 142 valence electrons. The molecule has 2 aromatic carbocycles. The van der Waals surface area contributed by atoms with Gasteiger partial charge < -0.3 is 0 Å². The second-order valence-corrected chi connectivity index (χ2v) is 6.41. The molecule has 0 saturated heterocycles. The number of benzene rings is 2. The molecule has 1 aliphatic heterocycles. The third kappa shape index (κ3) is 4.51. The molecule has 0 spiro atoms. The van der Waals surface area contributed by atoms with Crippen LogP contribution in [0.25, 0.3) is 0 Å². The van der Waals surface area contributed by atoms with Crippen LogP contribution in [-0.4, -0.2) is 35.0 Å². The molecule has 1 heterocycles. The van der Waals surface area contributed by atoms with Crippen molar-refractivity contribution in [1.82, 2.24) is 15.9 Å². The van der Waals surface area contributed by atoms with Crippen molar-refractivity contribution in [1.29, 1.82) is 0 Å². The number of amides is 2. The molecule has 0 saturated carbocycles. The Morgan fingerprint density at radius 2 is 1.81 bits per heavy atom. The molecular formula is C20H23N3O4. The van der Waals surface area contributed by atoms with Gasteiger partial charge in [0.2, 0.25) is 0 Å². The Morgan fingerprint density at radius 1 is 1.11 bits per heavy atom. The first kappa shape index (κ1) is 19.0. The number of likely N-dealkylation sites (N-methyl/N-ethyl adjacent to an activating group) is 1. The maximum absolute atomic E-state index is 12.2. The molecule has 0 aliphatic carbocycles. The van der Waals surface area contributed by atoms with E-state index in [0.717, 1.165) is 31.6 Å². The first-order chi connectivity index (χ1) is 13.1. The van der Waals surface area contributed by atoms with E-state index in [9.17, 15) is 9.59 Å². The predicted molar refractivity (Wildman–Crippen MR) is 99.0 cm³/mol. The highest BCUT2D eigenvalue weighted by Gasteiger charge is 2.17. The fraction of sp³-hybridized carbons (Fsp3) is 0.300. The van der Waals surface area contributed by atoms with E-state index in [-0.39, 0.29) is 5.56 Å². The molecule has 1 aliphatic rings. The summed E-state index contributed by atoms with van der Waals surface area (Å²) in [5.74, 6) is -1.03. The number of hydroxylamine groups is 2. The minimum absolute atomic E-state index is 0.256. The Kier molecular flexibility index (Phi) is 6.18. The number of fused-ring (bicyclic) bond motifs is 1. The lowest BCUT2D eigenvalue weighted by molar-refractivity contribution is 0.0229. The van der Waals surface area contributed by atoms with Crippen molar-refractivity contribution < 1.29 is 19.6 Å². The Morgan fingerprint density at radius 3 is 2.48 bits per heavy atom. The van der Waals surface area contributed by atoms with Gasteiger partial charge in [0.25, 0.3) is 11.8 Å². The third-order valence-corrected chi connectivity index (χ3v) is 4.79. The van der Waals surface area contributed by atoms with Gasteiger partial charge in [0, 0.05) is 24.2 Å². The van der Waals surface area contributed by atoms with Crippen LogP contribution in [0.3, 0.4) is 0 Å². The average molecular weight is 369 g/mol. The topological polar surface area (TPSA) is 90.9 Å². The van der Waals surface area contributed by atoms with Gasteiger partial charge in [0.15, 0.2) is 0 Å². The molecule has 27 heavy (non-hydrogen) atoms. The summed E-state index contributed by atoms with van der Waals surface area (Å²) in [6.07, 6.45) is 0.977. The Labute approximate surface area is 157 Å². The fourth-order valence-electron chi connectivity index (χ4n) is 3.23. The molecule has 7 nitrogen and oxygen atoms in total. The quantitative estimate of drug-likeness (QED) is 0.535. The number of nitrogens with zero attached hydrogens (tertiary/aromatic N) is 1. The number of rotatable bonds is 6. The zero-order valence-corrected chi connectivity index (χ0v) is 15.2. The molecule has 0 bridgehead atoms. The summed E-state index contributed by atoms with van der Waals surface area (Å²) >= 11 is 0. The Balaban J connectivity index is 1.57. The second kappa shape index (κ2) is 8.77. The molecule has 0 atom stereocenters. The molecule has 0 aromatic heterocycles. The highest BCUT2D eigenvalue weighted by molar-refractivity contribution is 5.97. The van der Waals surface area contributed by atoms with Crippen LogP contribution in [0.4, 0.5) is 0 Å². The molecule has 0 fully saturated rings. The highest BCUT2D eigenvalue weighted by atomic mass is 16.6. The maximum Gasteiger partial charge on any atom is 0.274 e. The van der Waals surface area contributed by atoms with Crippen LogP contribution in [0.15, 0.2) is 42.5 Å². The van der Waals surface area contributed by atoms with Gasteiger partial charge in [-0.1, -0.05) is 25.1 Å². The number of carbonyl (C=O) groups excluding carboxylic acids is 2. The lowest BCUT2D eigenvalue weighted by Crippen LogP contribution is -2.31. The fourth-order valence-corrected chi connectivity index (χ4v) is 3.23. The van der Waals surface area contributed by atoms with E-state index in [1.165, 1.54) is 35.4 Å². The van der Waals surface area contributed by atoms with Gasteiger partial charge in [0.1, 0.15) is 6.61 Å². The summed E-state index contributed by atoms with van der Waals surface area (Å²) in [7, 11) is 0. The van der Waals surface area contributed by atoms with Crippen LogP contribution >= 0.6 is 0 Å². The van der Waals surface area contributed by atoms with E-state index in [4.69, 9.17) is 10.0 Å². The summed E-state index contributed by atoms with van der Waals surface area (Å²) < 4.78 is 0. The van der Waals surface area contributed by atoms with Crippen molar-refractivity contribution in [3.8, 4) is 0 Å². The highest BCUT2D eigenvalue weighted by Crippen LogP contribution is 2.22. The van der Waals surface area contributed by atoms with E-state index in [2.05, 4.69) is 23.4 Å². The van der Waals surface area contributed by atoms with Crippen LogP contribution < -0.4 is 11.0 Å². The van der Waals surface area contributed by atoms with E-state index in [1.54, 1.807) is 5.48 Å². The van der Waals surface area contributed by atoms with Gasteiger partial charge in [-0.2, -0.15) is 0 Å². The minimum Gasteiger partial charge on any atom is -0.299 e. The van der Waals surface area contributed by atoms with Gasteiger partial charge in [-0.25, -0.2) is 11.0 Å². The van der Waals surface area contributed by atoms with Gasteiger partial charge in [0.05, 0.1) is 0 Å². The normalized spacial score (nSPS) is 13.7. The number of hydrogen-bond donors (Lipinski definition) is 3. The first-order valence-electron chi connectivity index (χ1n) is 8.91. The Hall–Kier alpha value is -2.74. The summed E-state index contributed by atoms with van der Waals surface area (Å²) in [5.41, 5.74) is 8.30. The lowest BCUT2D eigenvalue weighted by atomic mass is 9.95. The van der Waals surface area contributed by atoms with Crippen molar-refractivity contribution in [2.75, 3.05) is 13.1 Å². The first-order valence-corrected chi connectivity index (χ1v) is 8.91. The minimum atomic E-state index is -0.631. The van der Waals surface area contributed by atoms with Crippen LogP contribution in [0.1, 0.15) is 44.3 Å². The predicted octanol–water partition coefficient (Wildman–Crippen LogP) is 2.05. The van der Waals surface area contributed by atoms with E-state index in [1.807, 2.05) is 12.1 Å². The largest absolute Gasteiger partial charge is 0.299 e. The second-order valence-electron chi connectivity index (χ2n) is 6.41. The van der Waals surface area contributed by atoms with Gasteiger partial charge in [-0.3, -0.25) is 24.5 Å². The summed E-state index contributed by atoms with van der Waals surface area (Å²) in [6, 6.07) is 12.1. The van der Waals surface area contributed by atoms with Crippen molar-refractivity contribution in [2.45, 2.75) is 26.5 Å². The molecule has 7 heteroatoms. The molecule has 0 radical (unpaired) electrons. The molecule has 3 N–H and O–H groups in total. The molecule has 3 rings (SSSR count). The molecular weight excluding hydrogens is 346 g/mol. The summed E-state index contributed by atoms with van der Waals surface area (Å²) in [6.45, 7) is 5.47. The maximum atomic E-state index is 12.2. The zero-order chi connectivity index (χ0) is 19.2. The zero-order valence-electron chi connectivity index (χ0n) is 15.2. The number of nitrogens with one attached hydrogen (secondary N) is 2. The van der Waals surface area contributed by atoms with Gasteiger partial charge in [-0.15, -0.1) is 0 Å². The van der Waals surface area contributed by atoms with Crippen LogP contribution in [0.2, 0.25) is 0 Å². The van der Waals surface area contributed by atoms with Gasteiger partial charge in [-0.05, 0) is 53.9 Å².